The van der Waals surface area contributed by atoms with Crippen molar-refractivity contribution < 1.29 is 42.8 Å². The van der Waals surface area contributed by atoms with Crippen LogP contribution >= 0.6 is 0 Å². The second kappa shape index (κ2) is 5.80. The van der Waals surface area contributed by atoms with Gasteiger partial charge in [0.2, 0.25) is 0 Å². The molecule has 5 rings (SSSR count). The summed E-state index contributed by atoms with van der Waals surface area (Å²) in [5.41, 5.74) is 3.37. The molecular weight excluding hydrogens is 520 g/mol. The molecule has 3 saturated heterocycles. The summed E-state index contributed by atoms with van der Waals surface area (Å²) in [6, 6.07) is 11.0. The fourth-order valence-corrected chi connectivity index (χ4v) is 12.9. The van der Waals surface area contributed by atoms with Gasteiger partial charge in [-0.3, -0.25) is 0 Å². The molecule has 1 aromatic rings. The summed E-state index contributed by atoms with van der Waals surface area (Å²) in [7, 11) is 0. The van der Waals surface area contributed by atoms with Crippen LogP contribution in [0.15, 0.2) is 24.3 Å². The van der Waals surface area contributed by atoms with E-state index in [0.717, 1.165) is 24.5 Å². The number of rotatable bonds is 0. The van der Waals surface area contributed by atoms with Crippen LogP contribution in [0.2, 0.25) is 0 Å². The van der Waals surface area contributed by atoms with Gasteiger partial charge in [-0.2, -0.15) is 0 Å². The predicted octanol–water partition coefficient (Wildman–Crippen LogP) is 0.855. The third-order valence-electron chi connectivity index (χ3n) is 5.79. The number of piperidine rings is 3. The minimum atomic E-state index is 0.532. The van der Waals surface area contributed by atoms with Crippen LogP contribution in [0.3, 0.4) is 0 Å². The first kappa shape index (κ1) is 15.0. The maximum absolute atomic E-state index is 3.96. The van der Waals surface area contributed by atoms with E-state index in [2.05, 4.69) is 34.5 Å². The number of benzene rings is 1. The van der Waals surface area contributed by atoms with Gasteiger partial charge in [-0.25, -0.2) is 0 Å². The summed E-state index contributed by atoms with van der Waals surface area (Å²) in [6.07, 6.45) is 2.88. The Kier molecular flexibility index (Phi) is 4.57. The van der Waals surface area contributed by atoms with E-state index < -0.39 is 0 Å². The topological polar surface area (TPSA) is 15.3 Å². The van der Waals surface area contributed by atoms with Gasteiger partial charge in [-0.15, -0.1) is 0 Å². The van der Waals surface area contributed by atoms with E-state index in [1.807, 2.05) is 0 Å². The molecule has 1 aromatic carbocycles. The Morgan fingerprint density at radius 1 is 1.26 bits per heavy atom. The number of nitrogens with zero attached hydrogens (tertiary/aromatic N) is 1. The van der Waals surface area contributed by atoms with Crippen LogP contribution in [0.5, 0.6) is 0 Å². The summed E-state index contributed by atoms with van der Waals surface area (Å²) in [5.74, 6) is 0.963. The van der Waals surface area contributed by atoms with Gasteiger partial charge in [-0.05, 0) is 0 Å². The standard InChI is InChI=1S/C15H18N2.Ra.Rb.H/c1-2-4-13-10-16-15-11-5-7-17(8-6-11)14(15)9-12(13)3-1;;;/h1-4,11,14-16H,5-8,10H2;;;/t14-,15-;;;/m0.../s1. The first-order valence-corrected chi connectivity index (χ1v) is 14.3. The molecule has 4 heterocycles. The van der Waals surface area contributed by atoms with E-state index in [-0.39, 0.29) is 0 Å². The Morgan fingerprint density at radius 2 is 2.00 bits per heavy atom. The van der Waals surface area contributed by atoms with E-state index in [1.54, 1.807) is 11.1 Å². The molecule has 0 saturated carbocycles. The van der Waals surface area contributed by atoms with E-state index >= 15 is 0 Å². The van der Waals surface area contributed by atoms with Gasteiger partial charge in [0.15, 0.2) is 0 Å². The molecule has 0 spiro atoms. The first-order chi connectivity index (χ1) is 9.18. The quantitative estimate of drug-likeness (QED) is 0.527. The van der Waals surface area contributed by atoms with Crippen molar-refractivity contribution in [2.45, 2.75) is 25.0 Å². The number of hydrogen-bond donors (Lipinski definition) is 1. The predicted molar refractivity (Wildman–Crippen MR) is 74.0 cm³/mol. The van der Waals surface area contributed by atoms with Crippen molar-refractivity contribution in [2.75, 3.05) is 13.1 Å². The normalized spacial score (nSPS) is 44.3. The third-order valence-corrected chi connectivity index (χ3v) is 13.2. The zero-order chi connectivity index (χ0) is 13.0. The molecule has 0 aromatic heterocycles. The maximum atomic E-state index is 3.96. The fraction of sp³-hybridized carbons (Fsp3) is 0.600. The average molecular weight is 539 g/mol. The third kappa shape index (κ3) is 2.52. The summed E-state index contributed by atoms with van der Waals surface area (Å²) in [4.78, 5) is 2.86. The zero-order valence-corrected chi connectivity index (χ0v) is 25.2. The van der Waals surface area contributed by atoms with Crippen molar-refractivity contribution in [3.8, 4) is 0 Å². The SMILES string of the molecule is [Rb][C]1([RaH])c2ccccc2CN[C@H]2C3CCN(CC3)[C@H]21. The van der Waals surface area contributed by atoms with Crippen LogP contribution < -0.4 is 5.32 Å². The molecule has 4 aliphatic rings. The van der Waals surface area contributed by atoms with Crippen LogP contribution in [-0.2, 0) is 0.0693 Å². The number of hydrogen-bond acceptors (Lipinski definition) is 2. The van der Waals surface area contributed by atoms with Gasteiger partial charge in [0.1, 0.15) is 0 Å². The number of fused-ring (bicyclic) bond motifs is 3. The van der Waals surface area contributed by atoms with Gasteiger partial charge in [0, 0.05) is 0 Å². The summed E-state index contributed by atoms with van der Waals surface area (Å²) in [5, 5.41) is 3.96. The van der Waals surface area contributed by atoms with E-state index in [1.165, 1.54) is 25.9 Å². The van der Waals surface area contributed by atoms with Crippen LogP contribution in [0.25, 0.3) is 0 Å². The first-order valence-electron chi connectivity index (χ1n) is 7.74. The van der Waals surface area contributed by atoms with Gasteiger partial charge < -0.3 is 0 Å². The van der Waals surface area contributed by atoms with E-state index in [4.69, 9.17) is 0 Å². The van der Waals surface area contributed by atoms with E-state index in [9.17, 15) is 0 Å². The van der Waals surface area contributed by atoms with Crippen LogP contribution in [0, 0.1) is 48.7 Å². The van der Waals surface area contributed by atoms with Crippen LogP contribution in [-0.4, -0.2) is 85.6 Å². The van der Waals surface area contributed by atoms with Crippen molar-refractivity contribution in [3.05, 3.63) is 35.4 Å². The minimum absolute atomic E-state index is 0.532. The second-order valence-electron chi connectivity index (χ2n) is 7.10. The monoisotopic (exact) mass is 538 g/mol. The molecule has 1 unspecified atom stereocenters. The molecule has 2 bridgehead atoms. The molecule has 0 amide bonds. The Morgan fingerprint density at radius 3 is 2.79 bits per heavy atom. The van der Waals surface area contributed by atoms with Gasteiger partial charge in [0.25, 0.3) is 0 Å². The molecule has 0 aliphatic carbocycles. The molecule has 0 radical (unpaired) electrons. The fourth-order valence-electron chi connectivity index (χ4n) is 4.92. The Hall–Kier alpha value is 2.41. The van der Waals surface area contributed by atoms with Gasteiger partial charge in [-0.1, -0.05) is 0 Å². The van der Waals surface area contributed by atoms with Gasteiger partial charge in [0.05, 0.1) is 0 Å². The van der Waals surface area contributed by atoms with E-state index in [0.29, 0.717) is 91.9 Å². The summed E-state index contributed by atoms with van der Waals surface area (Å²) in [6.45, 7) is 3.87. The Bertz CT molecular complexity index is 497. The molecular formula is C15H19N2RaRb. The molecule has 4 aliphatic heterocycles. The van der Waals surface area contributed by atoms with Crippen molar-refractivity contribution in [2.24, 2.45) is 5.92 Å². The average Bonchev–Trinajstić information content (AvgIpc) is 2.57. The van der Waals surface area contributed by atoms with Crippen molar-refractivity contribution in [1.82, 2.24) is 10.2 Å². The van der Waals surface area contributed by atoms with Crippen LogP contribution in [0.4, 0.5) is 0 Å². The molecule has 3 atom stereocenters. The molecule has 4 heteroatoms. The Labute approximate surface area is 183 Å². The summed E-state index contributed by atoms with van der Waals surface area (Å²) >= 11 is 1.24. The molecule has 92 valence electrons. The zero-order valence-electron chi connectivity index (χ0n) is 12.0. The molecule has 19 heavy (non-hydrogen) atoms. The number of nitrogens with one attached hydrogen (secondary N) is 1. The molecule has 3 fully saturated rings. The Balaban J connectivity index is 1.83. The van der Waals surface area contributed by atoms with Crippen molar-refractivity contribution in [3.63, 3.8) is 0 Å². The van der Waals surface area contributed by atoms with Crippen LogP contribution in [0.1, 0.15) is 24.0 Å². The second-order valence-corrected chi connectivity index (χ2v) is 41.0. The molecule has 1 N–H and O–H groups in total. The van der Waals surface area contributed by atoms with Crippen molar-refractivity contribution in [1.29, 1.82) is 0 Å². The summed E-state index contributed by atoms with van der Waals surface area (Å²) < 4.78 is 0.693. The van der Waals surface area contributed by atoms with Crippen molar-refractivity contribution >= 4 is 55.5 Å². The molecule has 2 nitrogen and oxygen atoms in total. The van der Waals surface area contributed by atoms with Gasteiger partial charge >= 0.3 is 188 Å².